The SMILES string of the molecule is c1ccc2c(c1)c1ccncc1n2CCN1CCCCCCCCCC1. The highest BCUT2D eigenvalue weighted by molar-refractivity contribution is 6.07. The Kier molecular flexibility index (Phi) is 5.85. The van der Waals surface area contributed by atoms with E-state index in [0.29, 0.717) is 0 Å². The topological polar surface area (TPSA) is 21.1 Å². The minimum atomic E-state index is 1.05. The van der Waals surface area contributed by atoms with Crippen molar-refractivity contribution in [2.45, 2.75) is 57.9 Å². The lowest BCUT2D eigenvalue weighted by atomic mass is 10.1. The third kappa shape index (κ3) is 3.93. The van der Waals surface area contributed by atoms with Crippen molar-refractivity contribution < 1.29 is 0 Å². The summed E-state index contributed by atoms with van der Waals surface area (Å²) in [5, 5.41) is 2.68. The van der Waals surface area contributed by atoms with Crippen molar-refractivity contribution >= 4 is 21.8 Å². The predicted molar refractivity (Wildman–Crippen MR) is 111 cm³/mol. The quantitative estimate of drug-likeness (QED) is 0.611. The van der Waals surface area contributed by atoms with Gasteiger partial charge in [-0.2, -0.15) is 0 Å². The lowest BCUT2D eigenvalue weighted by Gasteiger charge is -2.23. The van der Waals surface area contributed by atoms with Gasteiger partial charge in [0.15, 0.2) is 0 Å². The van der Waals surface area contributed by atoms with Crippen LogP contribution in [-0.2, 0) is 6.54 Å². The molecule has 0 amide bonds. The molecule has 2 aromatic heterocycles. The number of aromatic nitrogens is 2. The smallest absolute Gasteiger partial charge is 0.0678 e. The van der Waals surface area contributed by atoms with Crippen molar-refractivity contribution in [2.24, 2.45) is 0 Å². The highest BCUT2D eigenvalue weighted by Crippen LogP contribution is 2.28. The summed E-state index contributed by atoms with van der Waals surface area (Å²) in [5.41, 5.74) is 2.61. The molecule has 0 N–H and O–H groups in total. The van der Waals surface area contributed by atoms with Gasteiger partial charge in [-0.25, -0.2) is 0 Å². The van der Waals surface area contributed by atoms with E-state index < -0.39 is 0 Å². The minimum Gasteiger partial charge on any atom is -0.338 e. The highest BCUT2D eigenvalue weighted by Gasteiger charge is 2.12. The van der Waals surface area contributed by atoms with Gasteiger partial charge in [-0.05, 0) is 38.1 Å². The zero-order valence-corrected chi connectivity index (χ0v) is 15.9. The molecule has 3 nitrogen and oxygen atoms in total. The first-order chi connectivity index (χ1) is 12.9. The van der Waals surface area contributed by atoms with Crippen molar-refractivity contribution in [3.8, 4) is 0 Å². The zero-order valence-electron chi connectivity index (χ0n) is 15.9. The Balaban J connectivity index is 1.52. The molecule has 3 heteroatoms. The van der Waals surface area contributed by atoms with E-state index in [9.17, 15) is 0 Å². The van der Waals surface area contributed by atoms with Crippen LogP contribution in [0.3, 0.4) is 0 Å². The lowest BCUT2D eigenvalue weighted by molar-refractivity contribution is 0.255. The number of hydrogen-bond acceptors (Lipinski definition) is 2. The Morgan fingerprint density at radius 2 is 1.35 bits per heavy atom. The van der Waals surface area contributed by atoms with Crippen molar-refractivity contribution in [1.29, 1.82) is 0 Å². The monoisotopic (exact) mass is 349 g/mol. The normalized spacial score (nSPS) is 18.2. The Hall–Kier alpha value is -1.87. The molecule has 1 fully saturated rings. The van der Waals surface area contributed by atoms with Gasteiger partial charge in [0.1, 0.15) is 0 Å². The second kappa shape index (κ2) is 8.68. The van der Waals surface area contributed by atoms with Crippen LogP contribution < -0.4 is 0 Å². The first-order valence-corrected chi connectivity index (χ1v) is 10.5. The molecule has 1 aromatic carbocycles. The van der Waals surface area contributed by atoms with Gasteiger partial charge in [0.05, 0.1) is 11.7 Å². The zero-order chi connectivity index (χ0) is 17.6. The molecule has 1 aliphatic heterocycles. The Labute approximate surface area is 157 Å². The van der Waals surface area contributed by atoms with Gasteiger partial charge in [0.25, 0.3) is 0 Å². The summed E-state index contributed by atoms with van der Waals surface area (Å²) in [7, 11) is 0. The van der Waals surface area contributed by atoms with Crippen molar-refractivity contribution in [2.75, 3.05) is 19.6 Å². The maximum Gasteiger partial charge on any atom is 0.0678 e. The molecule has 1 saturated heterocycles. The number of nitrogens with zero attached hydrogens (tertiary/aromatic N) is 3. The van der Waals surface area contributed by atoms with Crippen LogP contribution in [0.2, 0.25) is 0 Å². The lowest BCUT2D eigenvalue weighted by Crippen LogP contribution is -2.29. The van der Waals surface area contributed by atoms with Crippen LogP contribution in [0.5, 0.6) is 0 Å². The highest BCUT2D eigenvalue weighted by atomic mass is 15.1. The van der Waals surface area contributed by atoms with E-state index in [1.165, 1.54) is 86.3 Å². The molecule has 0 spiro atoms. The molecule has 0 bridgehead atoms. The fourth-order valence-electron chi connectivity index (χ4n) is 4.44. The third-order valence-corrected chi connectivity index (χ3v) is 5.91. The maximum atomic E-state index is 4.39. The van der Waals surface area contributed by atoms with Crippen molar-refractivity contribution in [3.63, 3.8) is 0 Å². The first-order valence-electron chi connectivity index (χ1n) is 10.5. The summed E-state index contributed by atoms with van der Waals surface area (Å²) in [6.07, 6.45) is 15.2. The van der Waals surface area contributed by atoms with E-state index in [1.807, 2.05) is 12.4 Å². The van der Waals surface area contributed by atoms with E-state index in [0.717, 1.165) is 13.1 Å². The van der Waals surface area contributed by atoms with Gasteiger partial charge in [-0.15, -0.1) is 0 Å². The van der Waals surface area contributed by atoms with E-state index in [2.05, 4.69) is 44.8 Å². The average molecular weight is 350 g/mol. The molecule has 0 unspecified atom stereocenters. The van der Waals surface area contributed by atoms with E-state index in [1.54, 1.807) is 0 Å². The molecular weight excluding hydrogens is 318 g/mol. The Morgan fingerprint density at radius 3 is 2.12 bits per heavy atom. The Morgan fingerprint density at radius 1 is 0.692 bits per heavy atom. The molecule has 0 aliphatic carbocycles. The molecule has 0 radical (unpaired) electrons. The van der Waals surface area contributed by atoms with Gasteiger partial charge in [-0.1, -0.05) is 56.7 Å². The molecule has 0 atom stereocenters. The molecule has 138 valence electrons. The van der Waals surface area contributed by atoms with Gasteiger partial charge < -0.3 is 9.47 Å². The molecule has 4 rings (SSSR count). The summed E-state index contributed by atoms with van der Waals surface area (Å²) in [6, 6.07) is 10.9. The van der Waals surface area contributed by atoms with Crippen LogP contribution in [0.15, 0.2) is 42.7 Å². The minimum absolute atomic E-state index is 1.05. The van der Waals surface area contributed by atoms with Crippen LogP contribution in [-0.4, -0.2) is 34.1 Å². The fourth-order valence-corrected chi connectivity index (χ4v) is 4.44. The van der Waals surface area contributed by atoms with E-state index in [4.69, 9.17) is 0 Å². The predicted octanol–water partition coefficient (Wildman–Crippen LogP) is 5.63. The number of pyridine rings is 1. The standard InChI is InChI=1S/C23H31N3/c1-2-4-6-10-16-25(15-9-5-3-1)17-18-26-22-12-8-7-11-20(22)21-13-14-24-19-23(21)26/h7-8,11-14,19H,1-6,9-10,15-18H2. The third-order valence-electron chi connectivity index (χ3n) is 5.91. The summed E-state index contributed by atoms with van der Waals surface area (Å²) in [6.45, 7) is 4.71. The summed E-state index contributed by atoms with van der Waals surface area (Å²) in [4.78, 5) is 7.09. The van der Waals surface area contributed by atoms with Gasteiger partial charge >= 0.3 is 0 Å². The number of hydrogen-bond donors (Lipinski definition) is 0. The first kappa shape index (κ1) is 17.5. The van der Waals surface area contributed by atoms with E-state index >= 15 is 0 Å². The largest absolute Gasteiger partial charge is 0.338 e. The number of fused-ring (bicyclic) bond motifs is 3. The van der Waals surface area contributed by atoms with Crippen LogP contribution >= 0.6 is 0 Å². The molecule has 1 aliphatic rings. The molecular formula is C23H31N3. The van der Waals surface area contributed by atoms with Crippen LogP contribution in [0, 0.1) is 0 Å². The summed E-state index contributed by atoms with van der Waals surface area (Å²) >= 11 is 0. The van der Waals surface area contributed by atoms with Gasteiger partial charge in [-0.3, -0.25) is 4.98 Å². The molecule has 0 saturated carbocycles. The second-order valence-corrected chi connectivity index (χ2v) is 7.73. The van der Waals surface area contributed by atoms with Gasteiger partial charge in [0, 0.05) is 35.6 Å². The maximum absolute atomic E-state index is 4.39. The summed E-state index contributed by atoms with van der Waals surface area (Å²) < 4.78 is 2.47. The molecule has 26 heavy (non-hydrogen) atoms. The summed E-state index contributed by atoms with van der Waals surface area (Å²) in [5.74, 6) is 0. The van der Waals surface area contributed by atoms with Crippen LogP contribution in [0.1, 0.15) is 51.4 Å². The molecule has 3 heterocycles. The molecule has 3 aromatic rings. The van der Waals surface area contributed by atoms with Crippen LogP contribution in [0.25, 0.3) is 21.8 Å². The average Bonchev–Trinajstić information content (AvgIpc) is 2.97. The fraction of sp³-hybridized carbons (Fsp3) is 0.522. The Bertz CT molecular complexity index is 770. The number of rotatable bonds is 3. The number of benzene rings is 1. The van der Waals surface area contributed by atoms with Crippen LogP contribution in [0.4, 0.5) is 0 Å². The van der Waals surface area contributed by atoms with E-state index in [-0.39, 0.29) is 0 Å². The van der Waals surface area contributed by atoms with Gasteiger partial charge in [0.2, 0.25) is 0 Å². The van der Waals surface area contributed by atoms with Crippen molar-refractivity contribution in [1.82, 2.24) is 14.5 Å². The van der Waals surface area contributed by atoms with Crippen molar-refractivity contribution in [3.05, 3.63) is 42.7 Å². The second-order valence-electron chi connectivity index (χ2n) is 7.73. The number of para-hydroxylation sites is 1.